The Bertz CT molecular complexity index is 1560. The van der Waals surface area contributed by atoms with Gasteiger partial charge in [0.15, 0.2) is 17.5 Å². The van der Waals surface area contributed by atoms with Crippen LogP contribution in [-0.2, 0) is 0 Å². The average Bonchev–Trinajstić information content (AvgIpc) is 3.27. The van der Waals surface area contributed by atoms with E-state index in [1.165, 1.54) is 0 Å². The van der Waals surface area contributed by atoms with Gasteiger partial charge in [-0.05, 0) is 36.4 Å². The van der Waals surface area contributed by atoms with E-state index in [0.717, 1.165) is 38.6 Å². The molecule has 6 rings (SSSR count). The molecule has 6 aromatic rings. The minimum atomic E-state index is 0.515. The van der Waals surface area contributed by atoms with E-state index in [4.69, 9.17) is 29.0 Å². The van der Waals surface area contributed by atoms with Gasteiger partial charge in [0, 0.05) is 27.5 Å². The Balaban J connectivity index is 1.54. The van der Waals surface area contributed by atoms with Crippen molar-refractivity contribution in [3.8, 4) is 39.9 Å². The third-order valence-corrected chi connectivity index (χ3v) is 5.59. The lowest BCUT2D eigenvalue weighted by Gasteiger charge is -2.08. The SMILES string of the molecule is O[B]Oc1ccc2oc3ccc(-c4nc(-c5ccccc5)nc(-c5ccccc5)n4)cc3c2c1. The van der Waals surface area contributed by atoms with E-state index in [0.29, 0.717) is 30.9 Å². The lowest BCUT2D eigenvalue weighted by Crippen LogP contribution is -2.00. The van der Waals surface area contributed by atoms with E-state index in [1.807, 2.05) is 91.0 Å². The lowest BCUT2D eigenvalue weighted by molar-refractivity contribution is 0.454. The topological polar surface area (TPSA) is 81.3 Å². The number of hydrogen-bond donors (Lipinski definition) is 1. The highest BCUT2D eigenvalue weighted by Crippen LogP contribution is 2.34. The second kappa shape index (κ2) is 8.46. The molecule has 161 valence electrons. The van der Waals surface area contributed by atoms with Crippen molar-refractivity contribution in [1.29, 1.82) is 0 Å². The summed E-state index contributed by atoms with van der Waals surface area (Å²) in [6.45, 7) is 0. The fourth-order valence-corrected chi connectivity index (χ4v) is 3.97. The maximum absolute atomic E-state index is 9.00. The molecule has 0 aliphatic carbocycles. The molecule has 7 heteroatoms. The molecule has 0 aliphatic rings. The fourth-order valence-electron chi connectivity index (χ4n) is 3.97. The standard InChI is InChI=1S/C27H17BN3O3/c32-28-34-20-12-14-24-22(16-20)21-15-19(11-13-23(21)33-24)27-30-25(17-7-3-1-4-8-17)29-26(31-27)18-9-5-2-6-10-18/h1-16,32H. The van der Waals surface area contributed by atoms with E-state index in [1.54, 1.807) is 6.07 Å². The Labute approximate surface area is 195 Å². The molecule has 0 atom stereocenters. The summed E-state index contributed by atoms with van der Waals surface area (Å²) in [4.78, 5) is 14.4. The molecule has 0 saturated carbocycles. The maximum atomic E-state index is 9.00. The van der Waals surface area contributed by atoms with Crippen LogP contribution in [0.1, 0.15) is 0 Å². The molecule has 2 heterocycles. The molecule has 1 radical (unpaired) electrons. The van der Waals surface area contributed by atoms with Crippen molar-refractivity contribution < 1.29 is 14.1 Å². The van der Waals surface area contributed by atoms with Gasteiger partial charge in [-0.2, -0.15) is 0 Å². The van der Waals surface area contributed by atoms with Gasteiger partial charge < -0.3 is 14.1 Å². The number of aromatic nitrogens is 3. The fraction of sp³-hybridized carbons (Fsp3) is 0. The Morgan fingerprint density at radius 3 is 1.71 bits per heavy atom. The summed E-state index contributed by atoms with van der Waals surface area (Å²) in [5.74, 6) is 2.30. The highest BCUT2D eigenvalue weighted by atomic mass is 16.5. The molecule has 0 bridgehead atoms. The van der Waals surface area contributed by atoms with Crippen LogP contribution in [0.2, 0.25) is 0 Å². The molecule has 34 heavy (non-hydrogen) atoms. The van der Waals surface area contributed by atoms with Gasteiger partial charge in [0.1, 0.15) is 16.9 Å². The van der Waals surface area contributed by atoms with Gasteiger partial charge in [0.25, 0.3) is 0 Å². The Morgan fingerprint density at radius 2 is 1.12 bits per heavy atom. The highest BCUT2D eigenvalue weighted by molar-refractivity contribution is 6.17. The molecule has 0 aliphatic heterocycles. The van der Waals surface area contributed by atoms with Gasteiger partial charge in [0.05, 0.1) is 0 Å². The summed E-state index contributed by atoms with van der Waals surface area (Å²) in [5.41, 5.74) is 4.14. The Kier molecular flexibility index (Phi) is 5.01. The van der Waals surface area contributed by atoms with E-state index in [-0.39, 0.29) is 0 Å². The van der Waals surface area contributed by atoms with Crippen molar-refractivity contribution in [3.05, 3.63) is 97.1 Å². The first kappa shape index (κ1) is 20.1. The zero-order valence-electron chi connectivity index (χ0n) is 17.9. The molecule has 0 fully saturated rings. The number of furan rings is 1. The van der Waals surface area contributed by atoms with Gasteiger partial charge in [-0.1, -0.05) is 60.7 Å². The van der Waals surface area contributed by atoms with Crippen molar-refractivity contribution in [1.82, 2.24) is 15.0 Å². The van der Waals surface area contributed by atoms with Gasteiger partial charge in [-0.3, -0.25) is 0 Å². The van der Waals surface area contributed by atoms with Crippen molar-refractivity contribution in [2.75, 3.05) is 0 Å². The van der Waals surface area contributed by atoms with E-state index in [2.05, 4.69) is 0 Å². The van der Waals surface area contributed by atoms with Gasteiger partial charge >= 0.3 is 7.69 Å². The van der Waals surface area contributed by atoms with Crippen LogP contribution < -0.4 is 4.65 Å². The van der Waals surface area contributed by atoms with Crippen LogP contribution in [0.3, 0.4) is 0 Å². The molecule has 0 spiro atoms. The van der Waals surface area contributed by atoms with Crippen LogP contribution in [0.5, 0.6) is 5.75 Å². The van der Waals surface area contributed by atoms with Crippen LogP contribution in [0.4, 0.5) is 0 Å². The molecule has 2 aromatic heterocycles. The third-order valence-electron chi connectivity index (χ3n) is 5.59. The third kappa shape index (κ3) is 3.68. The zero-order chi connectivity index (χ0) is 22.9. The van der Waals surface area contributed by atoms with E-state index >= 15 is 0 Å². The van der Waals surface area contributed by atoms with Gasteiger partial charge in [0.2, 0.25) is 0 Å². The summed E-state index contributed by atoms with van der Waals surface area (Å²) in [6.07, 6.45) is 0. The van der Waals surface area contributed by atoms with E-state index in [9.17, 15) is 0 Å². The molecule has 0 unspecified atom stereocenters. The number of fused-ring (bicyclic) bond motifs is 3. The largest absolute Gasteiger partial charge is 0.569 e. The average molecular weight is 442 g/mol. The van der Waals surface area contributed by atoms with Crippen LogP contribution in [0.25, 0.3) is 56.1 Å². The van der Waals surface area contributed by atoms with Crippen LogP contribution in [-0.4, -0.2) is 27.7 Å². The van der Waals surface area contributed by atoms with Crippen LogP contribution in [0.15, 0.2) is 101 Å². The first-order valence-corrected chi connectivity index (χ1v) is 10.7. The summed E-state index contributed by atoms with van der Waals surface area (Å²) >= 11 is 0. The summed E-state index contributed by atoms with van der Waals surface area (Å²) in [6, 6.07) is 31.0. The van der Waals surface area contributed by atoms with Gasteiger partial charge in [-0.25, -0.2) is 15.0 Å². The highest BCUT2D eigenvalue weighted by Gasteiger charge is 2.15. The minimum absolute atomic E-state index is 0.515. The lowest BCUT2D eigenvalue weighted by atomic mass is 10.1. The van der Waals surface area contributed by atoms with Crippen molar-refractivity contribution in [2.24, 2.45) is 0 Å². The second-order valence-corrected chi connectivity index (χ2v) is 7.73. The normalized spacial score (nSPS) is 11.1. The first-order valence-electron chi connectivity index (χ1n) is 10.7. The van der Waals surface area contributed by atoms with Crippen molar-refractivity contribution in [3.63, 3.8) is 0 Å². The monoisotopic (exact) mass is 442 g/mol. The zero-order valence-corrected chi connectivity index (χ0v) is 17.9. The Hall–Kier alpha value is -4.49. The smallest absolute Gasteiger partial charge is 0.537 e. The summed E-state index contributed by atoms with van der Waals surface area (Å²) < 4.78 is 11.1. The summed E-state index contributed by atoms with van der Waals surface area (Å²) in [5, 5.41) is 10.8. The maximum Gasteiger partial charge on any atom is 0.569 e. The summed E-state index contributed by atoms with van der Waals surface area (Å²) in [7, 11) is 0.663. The van der Waals surface area contributed by atoms with Crippen LogP contribution >= 0.6 is 0 Å². The minimum Gasteiger partial charge on any atom is -0.537 e. The van der Waals surface area contributed by atoms with E-state index < -0.39 is 0 Å². The van der Waals surface area contributed by atoms with Gasteiger partial charge in [-0.15, -0.1) is 0 Å². The number of rotatable bonds is 5. The Morgan fingerprint density at radius 1 is 0.588 bits per heavy atom. The molecule has 1 N–H and O–H groups in total. The predicted octanol–water partition coefficient (Wildman–Crippen LogP) is 5.68. The molecule has 0 amide bonds. The number of hydrogen-bond acceptors (Lipinski definition) is 6. The van der Waals surface area contributed by atoms with Crippen LogP contribution in [0, 0.1) is 0 Å². The van der Waals surface area contributed by atoms with Crippen molar-refractivity contribution in [2.45, 2.75) is 0 Å². The number of nitrogens with zero attached hydrogens (tertiary/aromatic N) is 3. The molecule has 0 saturated heterocycles. The molecule has 4 aromatic carbocycles. The van der Waals surface area contributed by atoms with Crippen molar-refractivity contribution >= 4 is 29.6 Å². The predicted molar refractivity (Wildman–Crippen MR) is 132 cm³/mol. The molecular formula is C27H17BN3O3. The quantitative estimate of drug-likeness (QED) is 0.346. The molecule has 6 nitrogen and oxygen atoms in total. The second-order valence-electron chi connectivity index (χ2n) is 7.73. The first-order chi connectivity index (χ1) is 16.8. The molecular weight excluding hydrogens is 425 g/mol. The number of benzene rings is 4.